The molecular formula is C12H14BrN3S. The number of hydrogen-bond acceptors (Lipinski definition) is 4. The van der Waals surface area contributed by atoms with Gasteiger partial charge in [-0.3, -0.25) is 0 Å². The first-order chi connectivity index (χ1) is 8.22. The molecule has 0 atom stereocenters. The Labute approximate surface area is 113 Å². The summed E-state index contributed by atoms with van der Waals surface area (Å²) in [5.74, 6) is 1.66. The summed E-state index contributed by atoms with van der Waals surface area (Å²) in [5, 5.41) is 7.41. The van der Waals surface area contributed by atoms with E-state index in [9.17, 15) is 0 Å². The second kappa shape index (κ2) is 5.60. The molecule has 1 N–H and O–H groups in total. The van der Waals surface area contributed by atoms with Gasteiger partial charge in [-0.15, -0.1) is 0 Å². The lowest BCUT2D eigenvalue weighted by Crippen LogP contribution is -2.05. The lowest BCUT2D eigenvalue weighted by atomic mass is 10.3. The van der Waals surface area contributed by atoms with Crippen molar-refractivity contribution < 1.29 is 0 Å². The highest BCUT2D eigenvalue weighted by Crippen LogP contribution is 2.27. The molecule has 3 nitrogen and oxygen atoms in total. The molecule has 0 saturated heterocycles. The number of nitrogens with zero attached hydrogens (tertiary/aromatic N) is 2. The molecular weight excluding hydrogens is 298 g/mol. The maximum atomic E-state index is 4.55. The van der Waals surface area contributed by atoms with Crippen LogP contribution in [0.1, 0.15) is 19.0 Å². The fourth-order valence-corrected chi connectivity index (χ4v) is 2.39. The summed E-state index contributed by atoms with van der Waals surface area (Å²) in [6, 6.07) is 2.04. The van der Waals surface area contributed by atoms with E-state index in [2.05, 4.69) is 43.5 Å². The average Bonchev–Trinajstić information content (AvgIpc) is 2.84. The highest BCUT2D eigenvalue weighted by atomic mass is 79.9. The average molecular weight is 312 g/mol. The molecule has 0 spiro atoms. The molecule has 0 fully saturated rings. The molecule has 17 heavy (non-hydrogen) atoms. The van der Waals surface area contributed by atoms with Crippen LogP contribution >= 0.6 is 27.3 Å². The topological polar surface area (TPSA) is 37.8 Å². The summed E-state index contributed by atoms with van der Waals surface area (Å²) >= 11 is 5.18. The molecule has 0 saturated carbocycles. The Morgan fingerprint density at radius 1 is 1.41 bits per heavy atom. The first-order valence-corrected chi connectivity index (χ1v) is 7.26. The quantitative estimate of drug-likeness (QED) is 0.923. The van der Waals surface area contributed by atoms with Gasteiger partial charge in [0.1, 0.15) is 5.82 Å². The van der Waals surface area contributed by atoms with Crippen LogP contribution in [0.5, 0.6) is 0 Å². The summed E-state index contributed by atoms with van der Waals surface area (Å²) in [6.07, 6.45) is 1.07. The highest BCUT2D eigenvalue weighted by molar-refractivity contribution is 9.10. The Hall–Kier alpha value is -0.940. The molecule has 5 heteroatoms. The molecule has 0 radical (unpaired) electrons. The predicted molar refractivity (Wildman–Crippen MR) is 76.6 cm³/mol. The highest BCUT2D eigenvalue weighted by Gasteiger charge is 2.10. The van der Waals surface area contributed by atoms with Crippen molar-refractivity contribution in [3.8, 4) is 11.4 Å². The predicted octanol–water partition coefficient (Wildman–Crippen LogP) is 4.10. The molecule has 0 aliphatic heterocycles. The summed E-state index contributed by atoms with van der Waals surface area (Å²) in [4.78, 5) is 9.04. The molecule has 0 bridgehead atoms. The first-order valence-electron chi connectivity index (χ1n) is 5.53. The monoisotopic (exact) mass is 311 g/mol. The SMILES string of the molecule is CCCNc1nc(-c2ccsc2)nc(C)c1Br. The fraction of sp³-hybridized carbons (Fsp3) is 0.333. The number of anilines is 1. The van der Waals surface area contributed by atoms with E-state index in [-0.39, 0.29) is 0 Å². The standard InChI is InChI=1S/C12H14BrN3S/c1-3-5-14-12-10(13)8(2)15-11(16-12)9-4-6-17-7-9/h4,6-7H,3,5H2,1-2H3,(H,14,15,16). The molecule has 0 unspecified atom stereocenters. The van der Waals surface area contributed by atoms with Crippen molar-refractivity contribution >= 4 is 33.1 Å². The van der Waals surface area contributed by atoms with Gasteiger partial charge >= 0.3 is 0 Å². The van der Waals surface area contributed by atoms with E-state index in [0.717, 1.165) is 40.3 Å². The zero-order chi connectivity index (χ0) is 12.3. The number of aryl methyl sites for hydroxylation is 1. The third kappa shape index (κ3) is 2.84. The Morgan fingerprint density at radius 3 is 2.88 bits per heavy atom. The van der Waals surface area contributed by atoms with Crippen LogP contribution in [0.2, 0.25) is 0 Å². The van der Waals surface area contributed by atoms with Crippen LogP contribution in [0.4, 0.5) is 5.82 Å². The fourth-order valence-electron chi connectivity index (χ4n) is 1.44. The van der Waals surface area contributed by atoms with Crippen LogP contribution in [-0.4, -0.2) is 16.5 Å². The molecule has 0 aliphatic rings. The lowest BCUT2D eigenvalue weighted by Gasteiger charge is -2.09. The van der Waals surface area contributed by atoms with E-state index in [1.165, 1.54) is 0 Å². The molecule has 2 heterocycles. The Balaban J connectivity index is 2.39. The number of nitrogens with one attached hydrogen (secondary N) is 1. The second-order valence-corrected chi connectivity index (χ2v) is 5.31. The van der Waals surface area contributed by atoms with Gasteiger partial charge in [0.15, 0.2) is 5.82 Å². The van der Waals surface area contributed by atoms with Gasteiger partial charge in [0, 0.05) is 17.5 Å². The molecule has 2 rings (SSSR count). The minimum Gasteiger partial charge on any atom is -0.369 e. The maximum Gasteiger partial charge on any atom is 0.162 e. The van der Waals surface area contributed by atoms with Crippen molar-refractivity contribution in [2.24, 2.45) is 0 Å². The number of hydrogen-bond donors (Lipinski definition) is 1. The zero-order valence-corrected chi connectivity index (χ0v) is 12.2. The van der Waals surface area contributed by atoms with E-state index in [4.69, 9.17) is 0 Å². The van der Waals surface area contributed by atoms with Gasteiger partial charge in [0.2, 0.25) is 0 Å². The molecule has 90 valence electrons. The van der Waals surface area contributed by atoms with Crippen molar-refractivity contribution in [1.82, 2.24) is 9.97 Å². The van der Waals surface area contributed by atoms with E-state index in [0.29, 0.717) is 0 Å². The largest absolute Gasteiger partial charge is 0.369 e. The van der Waals surface area contributed by atoms with Crippen LogP contribution < -0.4 is 5.32 Å². The van der Waals surface area contributed by atoms with E-state index in [1.807, 2.05) is 18.4 Å². The Bertz CT molecular complexity index is 497. The van der Waals surface area contributed by atoms with Crippen molar-refractivity contribution in [2.75, 3.05) is 11.9 Å². The molecule has 0 aliphatic carbocycles. The third-order valence-electron chi connectivity index (χ3n) is 2.34. The van der Waals surface area contributed by atoms with Gasteiger partial charge in [-0.1, -0.05) is 6.92 Å². The summed E-state index contributed by atoms with van der Waals surface area (Å²) in [6.45, 7) is 5.03. The summed E-state index contributed by atoms with van der Waals surface area (Å²) < 4.78 is 0.949. The van der Waals surface area contributed by atoms with Gasteiger partial charge in [0.25, 0.3) is 0 Å². The van der Waals surface area contributed by atoms with E-state index < -0.39 is 0 Å². The number of thiophene rings is 1. The van der Waals surface area contributed by atoms with E-state index in [1.54, 1.807) is 11.3 Å². The van der Waals surface area contributed by atoms with Crippen molar-refractivity contribution in [1.29, 1.82) is 0 Å². The van der Waals surface area contributed by atoms with Crippen LogP contribution in [0, 0.1) is 6.92 Å². The molecule has 0 aromatic carbocycles. The zero-order valence-electron chi connectivity index (χ0n) is 9.83. The minimum atomic E-state index is 0.783. The van der Waals surface area contributed by atoms with E-state index >= 15 is 0 Å². The smallest absolute Gasteiger partial charge is 0.162 e. The van der Waals surface area contributed by atoms with Crippen molar-refractivity contribution in [3.05, 3.63) is 27.0 Å². The summed E-state index contributed by atoms with van der Waals surface area (Å²) in [7, 11) is 0. The Morgan fingerprint density at radius 2 is 2.24 bits per heavy atom. The second-order valence-electron chi connectivity index (χ2n) is 3.73. The number of rotatable bonds is 4. The van der Waals surface area contributed by atoms with Gasteiger partial charge in [-0.25, -0.2) is 9.97 Å². The first kappa shape index (κ1) is 12.5. The summed E-state index contributed by atoms with van der Waals surface area (Å²) in [5.41, 5.74) is 2.03. The normalized spacial score (nSPS) is 10.5. The van der Waals surface area contributed by atoms with Crippen LogP contribution in [0.25, 0.3) is 11.4 Å². The lowest BCUT2D eigenvalue weighted by molar-refractivity contribution is 0.959. The Kier molecular flexibility index (Phi) is 4.12. The minimum absolute atomic E-state index is 0.783. The van der Waals surface area contributed by atoms with Crippen molar-refractivity contribution in [2.45, 2.75) is 20.3 Å². The van der Waals surface area contributed by atoms with Gasteiger partial charge in [0.05, 0.1) is 10.2 Å². The number of aromatic nitrogens is 2. The van der Waals surface area contributed by atoms with Crippen LogP contribution in [-0.2, 0) is 0 Å². The van der Waals surface area contributed by atoms with Gasteiger partial charge in [-0.2, -0.15) is 11.3 Å². The third-order valence-corrected chi connectivity index (χ3v) is 3.97. The molecule has 2 aromatic heterocycles. The van der Waals surface area contributed by atoms with Crippen molar-refractivity contribution in [3.63, 3.8) is 0 Å². The van der Waals surface area contributed by atoms with Crippen LogP contribution in [0.15, 0.2) is 21.3 Å². The molecule has 2 aromatic rings. The van der Waals surface area contributed by atoms with Gasteiger partial charge < -0.3 is 5.32 Å². The van der Waals surface area contributed by atoms with Crippen LogP contribution in [0.3, 0.4) is 0 Å². The van der Waals surface area contributed by atoms with Gasteiger partial charge in [-0.05, 0) is 40.7 Å². The number of halogens is 1. The maximum absolute atomic E-state index is 4.55. The molecule has 0 amide bonds.